The van der Waals surface area contributed by atoms with Gasteiger partial charge >= 0.3 is 0 Å². The molecule has 0 aliphatic carbocycles. The van der Waals surface area contributed by atoms with Gasteiger partial charge in [-0.1, -0.05) is 29.8 Å². The van der Waals surface area contributed by atoms with Crippen LogP contribution in [-0.2, 0) is 9.53 Å². The van der Waals surface area contributed by atoms with Crippen LogP contribution in [0.15, 0.2) is 24.3 Å². The molecule has 1 heterocycles. The van der Waals surface area contributed by atoms with Gasteiger partial charge in [-0.3, -0.25) is 9.69 Å². The lowest BCUT2D eigenvalue weighted by Crippen LogP contribution is -2.50. The van der Waals surface area contributed by atoms with E-state index in [1.165, 1.54) is 0 Å². The fourth-order valence-corrected chi connectivity index (χ4v) is 2.68. The van der Waals surface area contributed by atoms with Crippen LogP contribution in [0.4, 0.5) is 0 Å². The zero-order chi connectivity index (χ0) is 16.2. The molecule has 1 aromatic rings. The molecule has 3 N–H and O–H groups in total. The molecule has 0 bridgehead atoms. The van der Waals surface area contributed by atoms with E-state index < -0.39 is 6.04 Å². The van der Waals surface area contributed by atoms with Gasteiger partial charge in [-0.2, -0.15) is 0 Å². The minimum Gasteiger partial charge on any atom is -0.373 e. The first-order chi connectivity index (χ1) is 10.4. The molecule has 1 fully saturated rings. The second kappa shape index (κ2) is 7.22. The highest BCUT2D eigenvalue weighted by molar-refractivity contribution is 5.82. The lowest BCUT2D eigenvalue weighted by Gasteiger charge is -2.38. The maximum atomic E-state index is 12.1. The average molecular weight is 305 g/mol. The standard InChI is InChI=1S/C17H27N3O2/c1-13-4-6-14(7-5-13)15(18)16(21)19-8-9-20-10-11-22-17(2,3)12-20/h4-7,15H,8-12,18H2,1-3H3,(H,19,21). The van der Waals surface area contributed by atoms with Crippen LogP contribution >= 0.6 is 0 Å². The number of hydrogen-bond acceptors (Lipinski definition) is 4. The second-order valence-corrected chi connectivity index (χ2v) is 6.56. The molecule has 1 aliphatic heterocycles. The Balaban J connectivity index is 1.76. The van der Waals surface area contributed by atoms with Crippen LogP contribution in [0.25, 0.3) is 0 Å². The van der Waals surface area contributed by atoms with Crippen LogP contribution in [0.2, 0.25) is 0 Å². The lowest BCUT2D eigenvalue weighted by atomic mass is 10.1. The molecule has 5 nitrogen and oxygen atoms in total. The van der Waals surface area contributed by atoms with Gasteiger partial charge in [-0.15, -0.1) is 0 Å². The molecule has 1 saturated heterocycles. The highest BCUT2D eigenvalue weighted by Gasteiger charge is 2.26. The highest BCUT2D eigenvalue weighted by Crippen LogP contribution is 2.16. The normalized spacial score (nSPS) is 19.6. The van der Waals surface area contributed by atoms with Gasteiger partial charge in [0.25, 0.3) is 0 Å². The third-order valence-corrected chi connectivity index (χ3v) is 3.95. The van der Waals surface area contributed by atoms with Crippen molar-refractivity contribution >= 4 is 5.91 Å². The molecule has 0 saturated carbocycles. The second-order valence-electron chi connectivity index (χ2n) is 6.56. The van der Waals surface area contributed by atoms with Crippen molar-refractivity contribution in [2.24, 2.45) is 5.73 Å². The average Bonchev–Trinajstić information content (AvgIpc) is 2.46. The number of hydrogen-bond donors (Lipinski definition) is 2. The van der Waals surface area contributed by atoms with Gasteiger partial charge < -0.3 is 15.8 Å². The van der Waals surface area contributed by atoms with Gasteiger partial charge in [-0.05, 0) is 26.3 Å². The maximum Gasteiger partial charge on any atom is 0.241 e. The summed E-state index contributed by atoms with van der Waals surface area (Å²) in [6.07, 6.45) is 0. The number of carbonyl (C=O) groups excluding carboxylic acids is 1. The number of nitrogens with two attached hydrogens (primary N) is 1. The Morgan fingerprint density at radius 2 is 2.09 bits per heavy atom. The van der Waals surface area contributed by atoms with Crippen molar-refractivity contribution in [3.05, 3.63) is 35.4 Å². The Hall–Kier alpha value is -1.43. The van der Waals surface area contributed by atoms with E-state index in [1.807, 2.05) is 31.2 Å². The van der Waals surface area contributed by atoms with Crippen LogP contribution in [0, 0.1) is 6.92 Å². The van der Waals surface area contributed by atoms with Crippen LogP contribution in [-0.4, -0.2) is 49.2 Å². The van der Waals surface area contributed by atoms with Gasteiger partial charge in [-0.25, -0.2) is 0 Å². The summed E-state index contributed by atoms with van der Waals surface area (Å²) in [5, 5.41) is 2.92. The van der Waals surface area contributed by atoms with Crippen molar-refractivity contribution in [2.75, 3.05) is 32.8 Å². The number of nitrogens with zero attached hydrogens (tertiary/aromatic N) is 1. The predicted octanol–water partition coefficient (Wildman–Crippen LogP) is 1.22. The fourth-order valence-electron chi connectivity index (χ4n) is 2.68. The van der Waals surface area contributed by atoms with E-state index in [-0.39, 0.29) is 11.5 Å². The summed E-state index contributed by atoms with van der Waals surface area (Å²) in [7, 11) is 0. The number of amides is 1. The molecule has 122 valence electrons. The van der Waals surface area contributed by atoms with Gasteiger partial charge in [0.2, 0.25) is 5.91 Å². The van der Waals surface area contributed by atoms with Crippen molar-refractivity contribution in [3.63, 3.8) is 0 Å². The fraction of sp³-hybridized carbons (Fsp3) is 0.588. The molecule has 5 heteroatoms. The number of nitrogens with one attached hydrogen (secondary N) is 1. The van der Waals surface area contributed by atoms with Crippen LogP contribution in [0.1, 0.15) is 31.0 Å². The summed E-state index contributed by atoms with van der Waals surface area (Å²) >= 11 is 0. The minimum absolute atomic E-state index is 0.111. The molecule has 1 unspecified atom stereocenters. The molecule has 0 spiro atoms. The van der Waals surface area contributed by atoms with Gasteiger partial charge in [0, 0.05) is 26.2 Å². The summed E-state index contributed by atoms with van der Waals surface area (Å²) in [6.45, 7) is 10.1. The predicted molar refractivity (Wildman–Crippen MR) is 87.6 cm³/mol. The highest BCUT2D eigenvalue weighted by atomic mass is 16.5. The van der Waals surface area contributed by atoms with Gasteiger partial charge in [0.1, 0.15) is 6.04 Å². The van der Waals surface area contributed by atoms with E-state index in [0.29, 0.717) is 6.54 Å². The van der Waals surface area contributed by atoms with E-state index in [2.05, 4.69) is 24.1 Å². The molecule has 1 aliphatic rings. The van der Waals surface area contributed by atoms with Crippen LogP contribution in [0.3, 0.4) is 0 Å². The zero-order valence-electron chi connectivity index (χ0n) is 13.8. The van der Waals surface area contributed by atoms with E-state index in [9.17, 15) is 4.79 Å². The molecule has 0 aromatic heterocycles. The monoisotopic (exact) mass is 305 g/mol. The topological polar surface area (TPSA) is 67.6 Å². The smallest absolute Gasteiger partial charge is 0.241 e. The molecule has 0 radical (unpaired) electrons. The number of carbonyl (C=O) groups is 1. The number of morpholine rings is 1. The first-order valence-corrected chi connectivity index (χ1v) is 7.83. The lowest BCUT2D eigenvalue weighted by molar-refractivity contribution is -0.122. The maximum absolute atomic E-state index is 12.1. The van der Waals surface area contributed by atoms with Crippen LogP contribution < -0.4 is 11.1 Å². The summed E-state index contributed by atoms with van der Waals surface area (Å²) in [6, 6.07) is 7.15. The van der Waals surface area contributed by atoms with Crippen molar-refractivity contribution < 1.29 is 9.53 Å². The summed E-state index contributed by atoms with van der Waals surface area (Å²) in [4.78, 5) is 14.4. The molecular weight excluding hydrogens is 278 g/mol. The van der Waals surface area contributed by atoms with Gasteiger partial charge in [0.15, 0.2) is 0 Å². The van der Waals surface area contributed by atoms with Crippen LogP contribution in [0.5, 0.6) is 0 Å². The molecule has 2 rings (SSSR count). The number of rotatable bonds is 5. The molecule has 1 aromatic carbocycles. The van der Waals surface area contributed by atoms with E-state index >= 15 is 0 Å². The molecule has 1 atom stereocenters. The Bertz CT molecular complexity index is 499. The van der Waals surface area contributed by atoms with E-state index in [0.717, 1.165) is 37.4 Å². The Morgan fingerprint density at radius 3 is 2.73 bits per heavy atom. The molecule has 1 amide bonds. The quantitative estimate of drug-likeness (QED) is 0.858. The van der Waals surface area contributed by atoms with E-state index in [1.54, 1.807) is 0 Å². The van der Waals surface area contributed by atoms with E-state index in [4.69, 9.17) is 10.5 Å². The SMILES string of the molecule is Cc1ccc(C(N)C(=O)NCCN2CCOC(C)(C)C2)cc1. The molecule has 22 heavy (non-hydrogen) atoms. The third kappa shape index (κ3) is 4.80. The number of benzene rings is 1. The Morgan fingerprint density at radius 1 is 1.41 bits per heavy atom. The van der Waals surface area contributed by atoms with Gasteiger partial charge in [0.05, 0.1) is 12.2 Å². The Labute approximate surface area is 132 Å². The largest absolute Gasteiger partial charge is 0.373 e. The first-order valence-electron chi connectivity index (χ1n) is 7.83. The Kier molecular flexibility index (Phi) is 5.56. The first kappa shape index (κ1) is 16.9. The number of aryl methyl sites for hydroxylation is 1. The summed E-state index contributed by atoms with van der Waals surface area (Å²) in [5.74, 6) is -0.128. The third-order valence-electron chi connectivity index (χ3n) is 3.95. The van der Waals surface area contributed by atoms with Crippen molar-refractivity contribution in [2.45, 2.75) is 32.4 Å². The molecular formula is C17H27N3O2. The van der Waals surface area contributed by atoms with Crippen molar-refractivity contribution in [3.8, 4) is 0 Å². The van der Waals surface area contributed by atoms with Crippen molar-refractivity contribution in [1.82, 2.24) is 10.2 Å². The zero-order valence-corrected chi connectivity index (χ0v) is 13.8. The number of ether oxygens (including phenoxy) is 1. The summed E-state index contributed by atoms with van der Waals surface area (Å²) in [5.41, 5.74) is 7.90. The minimum atomic E-state index is -0.610. The van der Waals surface area contributed by atoms with Crippen molar-refractivity contribution in [1.29, 1.82) is 0 Å². The summed E-state index contributed by atoms with van der Waals surface area (Å²) < 4.78 is 5.68.